The summed E-state index contributed by atoms with van der Waals surface area (Å²) in [5, 5.41) is 15.2. The fourth-order valence-electron chi connectivity index (χ4n) is 4.29. The van der Waals surface area contributed by atoms with Crippen molar-refractivity contribution in [2.24, 2.45) is 5.73 Å². The quantitative estimate of drug-likeness (QED) is 0.304. The average molecular weight is 504 g/mol. The fourth-order valence-corrected chi connectivity index (χ4v) is 4.76. The van der Waals surface area contributed by atoms with Crippen LogP contribution in [0.3, 0.4) is 0 Å². The molecule has 1 aliphatic heterocycles. The van der Waals surface area contributed by atoms with Crippen LogP contribution in [-0.4, -0.2) is 81.4 Å². The van der Waals surface area contributed by atoms with Gasteiger partial charge in [-0.15, -0.1) is 0 Å². The Balaban J connectivity index is 1.66. The van der Waals surface area contributed by atoms with E-state index in [0.717, 1.165) is 16.5 Å². The topological polar surface area (TPSA) is 158 Å². The number of aromatic nitrogens is 1. The van der Waals surface area contributed by atoms with E-state index in [0.29, 0.717) is 38.0 Å². The zero-order valence-corrected chi connectivity index (χ0v) is 20.8. The molecule has 0 aliphatic carbocycles. The molecule has 1 aromatic heterocycles. The molecule has 11 heteroatoms. The number of nitrogens with two attached hydrogens (primary N) is 1. The number of H-pyrrole nitrogens is 1. The molecule has 2 heterocycles. The third-order valence-electron chi connectivity index (χ3n) is 6.24. The number of rotatable bonds is 11. The number of carbonyl (C=O) groups is 4. The SMILES string of the molecule is CSCCC(NC(=O)C1CCCN1C(=O)C(N)Cc1c[nH]c2ccccc12)C(=O)NC(C)C(=O)O. The largest absolute Gasteiger partial charge is 0.480 e. The van der Waals surface area contributed by atoms with E-state index in [4.69, 9.17) is 10.8 Å². The Morgan fingerprint density at radius 1 is 1.26 bits per heavy atom. The monoisotopic (exact) mass is 503 g/mol. The summed E-state index contributed by atoms with van der Waals surface area (Å²) in [7, 11) is 0. The summed E-state index contributed by atoms with van der Waals surface area (Å²) >= 11 is 1.51. The highest BCUT2D eigenvalue weighted by Gasteiger charge is 2.37. The van der Waals surface area contributed by atoms with Crippen molar-refractivity contribution in [3.63, 3.8) is 0 Å². The minimum absolute atomic E-state index is 0.308. The number of thioether (sulfide) groups is 1. The van der Waals surface area contributed by atoms with Gasteiger partial charge in [-0.05, 0) is 56.2 Å². The first-order chi connectivity index (χ1) is 16.7. The van der Waals surface area contributed by atoms with Crippen LogP contribution in [0, 0.1) is 0 Å². The van der Waals surface area contributed by atoms with E-state index in [1.807, 2.05) is 36.7 Å². The number of carbonyl (C=O) groups excluding carboxylic acids is 3. The standard InChI is InChI=1S/C24H33N5O5S/c1-14(24(33)34)27-21(30)19(9-11-35-2)28-22(31)20-8-5-10-29(20)23(32)17(25)12-15-13-26-18-7-4-3-6-16(15)18/h3-4,6-7,13-14,17,19-20,26H,5,8-12,25H2,1-2H3,(H,27,30)(H,28,31)(H,33,34). The summed E-state index contributed by atoms with van der Waals surface area (Å²) in [6.45, 7) is 1.77. The van der Waals surface area contributed by atoms with E-state index >= 15 is 0 Å². The summed E-state index contributed by atoms with van der Waals surface area (Å²) < 4.78 is 0. The van der Waals surface area contributed by atoms with Gasteiger partial charge in [0.05, 0.1) is 6.04 Å². The molecule has 0 saturated carbocycles. The van der Waals surface area contributed by atoms with Gasteiger partial charge in [0.2, 0.25) is 17.7 Å². The van der Waals surface area contributed by atoms with Gasteiger partial charge in [-0.3, -0.25) is 19.2 Å². The summed E-state index contributed by atoms with van der Waals surface area (Å²) in [4.78, 5) is 54.7. The molecule has 3 amide bonds. The number of carboxylic acid groups (broad SMARTS) is 1. The van der Waals surface area contributed by atoms with Crippen LogP contribution in [0.25, 0.3) is 10.9 Å². The molecular formula is C24H33N5O5S. The highest BCUT2D eigenvalue weighted by atomic mass is 32.2. The molecule has 1 aliphatic rings. The predicted octanol–water partition coefficient (Wildman–Crippen LogP) is 0.856. The number of hydrogen-bond acceptors (Lipinski definition) is 6. The lowest BCUT2D eigenvalue weighted by Crippen LogP contribution is -2.56. The van der Waals surface area contributed by atoms with Crippen LogP contribution in [-0.2, 0) is 25.6 Å². The molecule has 0 spiro atoms. The molecule has 0 bridgehead atoms. The van der Waals surface area contributed by atoms with Gasteiger partial charge in [0.15, 0.2) is 0 Å². The Morgan fingerprint density at radius 2 is 2.00 bits per heavy atom. The number of aliphatic carboxylic acids is 1. The van der Waals surface area contributed by atoms with Crippen LogP contribution in [0.2, 0.25) is 0 Å². The van der Waals surface area contributed by atoms with Crippen molar-refractivity contribution in [2.75, 3.05) is 18.6 Å². The second-order valence-corrected chi connectivity index (χ2v) is 9.76. The van der Waals surface area contributed by atoms with Gasteiger partial charge in [-0.1, -0.05) is 18.2 Å². The number of aromatic amines is 1. The molecule has 6 N–H and O–H groups in total. The Kier molecular flexibility index (Phi) is 9.16. The lowest BCUT2D eigenvalue weighted by Gasteiger charge is -2.28. The highest BCUT2D eigenvalue weighted by Crippen LogP contribution is 2.22. The molecule has 10 nitrogen and oxygen atoms in total. The normalized spacial score (nSPS) is 18.1. The highest BCUT2D eigenvalue weighted by molar-refractivity contribution is 7.98. The average Bonchev–Trinajstić information content (AvgIpc) is 3.48. The van der Waals surface area contributed by atoms with Crippen molar-refractivity contribution < 1.29 is 24.3 Å². The maximum Gasteiger partial charge on any atom is 0.325 e. The summed E-state index contributed by atoms with van der Waals surface area (Å²) in [6.07, 6.45) is 5.52. The minimum Gasteiger partial charge on any atom is -0.480 e. The van der Waals surface area contributed by atoms with Crippen LogP contribution in [0.1, 0.15) is 31.7 Å². The van der Waals surface area contributed by atoms with E-state index in [2.05, 4.69) is 15.6 Å². The smallest absolute Gasteiger partial charge is 0.325 e. The molecule has 1 saturated heterocycles. The van der Waals surface area contributed by atoms with Crippen LogP contribution in [0.15, 0.2) is 30.5 Å². The van der Waals surface area contributed by atoms with Crippen LogP contribution in [0.5, 0.6) is 0 Å². The molecule has 4 atom stereocenters. The Morgan fingerprint density at radius 3 is 2.71 bits per heavy atom. The second kappa shape index (κ2) is 12.1. The Labute approximate surface area is 208 Å². The van der Waals surface area contributed by atoms with Crippen molar-refractivity contribution in [3.05, 3.63) is 36.0 Å². The summed E-state index contributed by atoms with van der Waals surface area (Å²) in [5.41, 5.74) is 8.18. The van der Waals surface area contributed by atoms with Crippen molar-refractivity contribution in [2.45, 2.75) is 56.8 Å². The first-order valence-corrected chi connectivity index (χ1v) is 13.1. The van der Waals surface area contributed by atoms with Crippen molar-refractivity contribution >= 4 is 46.4 Å². The number of para-hydroxylation sites is 1. The van der Waals surface area contributed by atoms with E-state index < -0.39 is 42.0 Å². The molecule has 3 rings (SSSR count). The van der Waals surface area contributed by atoms with E-state index in [1.165, 1.54) is 23.6 Å². The molecule has 2 aromatic rings. The third kappa shape index (κ3) is 6.55. The zero-order valence-electron chi connectivity index (χ0n) is 20.0. The van der Waals surface area contributed by atoms with Gasteiger partial charge in [0.1, 0.15) is 18.1 Å². The van der Waals surface area contributed by atoms with Crippen LogP contribution < -0.4 is 16.4 Å². The van der Waals surface area contributed by atoms with Crippen molar-refractivity contribution in [3.8, 4) is 0 Å². The molecule has 1 aromatic carbocycles. The van der Waals surface area contributed by atoms with E-state index in [-0.39, 0.29) is 5.91 Å². The van der Waals surface area contributed by atoms with Gasteiger partial charge in [0.25, 0.3) is 0 Å². The summed E-state index contributed by atoms with van der Waals surface area (Å²) in [5.74, 6) is -1.86. The molecule has 190 valence electrons. The number of likely N-dealkylation sites (tertiary alicyclic amines) is 1. The summed E-state index contributed by atoms with van der Waals surface area (Å²) in [6, 6.07) is 4.26. The predicted molar refractivity (Wildman–Crippen MR) is 135 cm³/mol. The van der Waals surface area contributed by atoms with E-state index in [9.17, 15) is 19.2 Å². The van der Waals surface area contributed by atoms with Gasteiger partial charge in [0, 0.05) is 23.6 Å². The van der Waals surface area contributed by atoms with Gasteiger partial charge >= 0.3 is 5.97 Å². The molecular weight excluding hydrogens is 470 g/mol. The maximum atomic E-state index is 13.2. The number of fused-ring (bicyclic) bond motifs is 1. The van der Waals surface area contributed by atoms with Gasteiger partial charge < -0.3 is 31.4 Å². The third-order valence-corrected chi connectivity index (χ3v) is 6.89. The number of carboxylic acids is 1. The zero-order chi connectivity index (χ0) is 25.5. The van der Waals surface area contributed by atoms with Crippen molar-refractivity contribution in [1.82, 2.24) is 20.5 Å². The van der Waals surface area contributed by atoms with E-state index in [1.54, 1.807) is 0 Å². The number of hydrogen-bond donors (Lipinski definition) is 5. The lowest BCUT2D eigenvalue weighted by molar-refractivity contribution is -0.142. The number of nitrogens with one attached hydrogen (secondary N) is 3. The van der Waals surface area contributed by atoms with Crippen LogP contribution >= 0.6 is 11.8 Å². The molecule has 0 radical (unpaired) electrons. The van der Waals surface area contributed by atoms with Gasteiger partial charge in [-0.25, -0.2) is 0 Å². The molecule has 35 heavy (non-hydrogen) atoms. The lowest BCUT2D eigenvalue weighted by atomic mass is 10.0. The Hall–Kier alpha value is -3.05. The first-order valence-electron chi connectivity index (χ1n) is 11.7. The number of benzene rings is 1. The fraction of sp³-hybridized carbons (Fsp3) is 0.500. The second-order valence-electron chi connectivity index (χ2n) is 8.77. The van der Waals surface area contributed by atoms with Gasteiger partial charge in [-0.2, -0.15) is 11.8 Å². The maximum absolute atomic E-state index is 13.2. The first kappa shape index (κ1) is 26.6. The minimum atomic E-state index is -1.16. The molecule has 1 fully saturated rings. The van der Waals surface area contributed by atoms with Crippen molar-refractivity contribution in [1.29, 1.82) is 0 Å². The number of amides is 3. The number of nitrogens with zero attached hydrogens (tertiary/aromatic N) is 1. The Bertz CT molecular complexity index is 1070. The van der Waals surface area contributed by atoms with Crippen LogP contribution in [0.4, 0.5) is 0 Å². The molecule has 4 unspecified atom stereocenters.